The second kappa shape index (κ2) is 3.75. The van der Waals surface area contributed by atoms with Gasteiger partial charge < -0.3 is 5.11 Å². The molecule has 68 valence electrons. The zero-order valence-electron chi connectivity index (χ0n) is 6.19. The third kappa shape index (κ3) is 3.42. The zero-order valence-corrected chi connectivity index (χ0v) is 7.90. The van der Waals surface area contributed by atoms with Gasteiger partial charge in [-0.3, -0.25) is 4.55 Å². The Labute approximate surface area is 71.8 Å². The molecule has 0 aliphatic rings. The van der Waals surface area contributed by atoms with Gasteiger partial charge in [0.15, 0.2) is 0 Å². The molecule has 0 aromatic heterocycles. The minimum Gasteiger partial charge on any atom is -0.396 e. The molecule has 0 fully saturated rings. The molecule has 0 saturated carbocycles. The van der Waals surface area contributed by atoms with Crippen molar-refractivity contribution in [1.82, 2.24) is 0 Å². The van der Waals surface area contributed by atoms with Crippen LogP contribution >= 0.6 is 12.6 Å². The van der Waals surface area contributed by atoms with Gasteiger partial charge in [0.25, 0.3) is 10.1 Å². The van der Waals surface area contributed by atoms with E-state index in [4.69, 9.17) is 9.66 Å². The van der Waals surface area contributed by atoms with Gasteiger partial charge in [-0.25, -0.2) is 0 Å². The molecule has 1 atom stereocenters. The van der Waals surface area contributed by atoms with E-state index in [0.29, 0.717) is 6.42 Å². The number of aliphatic hydroxyl groups excluding tert-OH is 1. The summed E-state index contributed by atoms with van der Waals surface area (Å²) < 4.78 is 28.3. The van der Waals surface area contributed by atoms with Crippen LogP contribution in [0.25, 0.3) is 0 Å². The third-order valence-electron chi connectivity index (χ3n) is 1.35. The van der Waals surface area contributed by atoms with E-state index in [-0.39, 0.29) is 13.0 Å². The lowest BCUT2D eigenvalue weighted by Gasteiger charge is -2.18. The van der Waals surface area contributed by atoms with E-state index >= 15 is 0 Å². The first-order chi connectivity index (χ1) is 4.81. The molecule has 0 aliphatic carbocycles. The quantitative estimate of drug-likeness (QED) is 0.450. The molecule has 0 aromatic carbocycles. The van der Waals surface area contributed by atoms with Crippen molar-refractivity contribution in [3.8, 4) is 0 Å². The SMILES string of the molecule is CC(S)(CCCO)S(=O)(=O)O. The van der Waals surface area contributed by atoms with E-state index in [1.54, 1.807) is 0 Å². The van der Waals surface area contributed by atoms with E-state index in [0.717, 1.165) is 0 Å². The first-order valence-corrected chi connectivity index (χ1v) is 5.00. The summed E-state index contributed by atoms with van der Waals surface area (Å²) in [6.45, 7) is 1.19. The fourth-order valence-corrected chi connectivity index (χ4v) is 1.10. The Kier molecular flexibility index (Phi) is 3.83. The van der Waals surface area contributed by atoms with Crippen molar-refractivity contribution >= 4 is 22.7 Å². The molecule has 0 radical (unpaired) electrons. The van der Waals surface area contributed by atoms with E-state index < -0.39 is 14.2 Å². The summed E-state index contributed by atoms with van der Waals surface area (Å²) in [6.07, 6.45) is 0.436. The van der Waals surface area contributed by atoms with E-state index in [1.165, 1.54) is 6.92 Å². The molecule has 0 aromatic rings. The molecule has 4 nitrogen and oxygen atoms in total. The van der Waals surface area contributed by atoms with Crippen molar-refractivity contribution in [3.63, 3.8) is 0 Å². The number of aliphatic hydroxyl groups is 1. The first-order valence-electron chi connectivity index (χ1n) is 3.11. The van der Waals surface area contributed by atoms with E-state index in [2.05, 4.69) is 12.6 Å². The number of thiol groups is 1. The van der Waals surface area contributed by atoms with Crippen molar-refractivity contribution in [3.05, 3.63) is 0 Å². The van der Waals surface area contributed by atoms with Crippen LogP contribution in [0.15, 0.2) is 0 Å². The lowest BCUT2D eigenvalue weighted by molar-refractivity contribution is 0.282. The normalized spacial score (nSPS) is 17.8. The van der Waals surface area contributed by atoms with Crippen LogP contribution in [0.5, 0.6) is 0 Å². The molecule has 0 saturated heterocycles. The maximum absolute atomic E-state index is 10.6. The Balaban J connectivity index is 4.24. The number of hydrogen-bond acceptors (Lipinski definition) is 4. The van der Waals surface area contributed by atoms with Gasteiger partial charge in [-0.05, 0) is 19.8 Å². The first kappa shape index (κ1) is 11.2. The van der Waals surface area contributed by atoms with Gasteiger partial charge in [-0.15, -0.1) is 0 Å². The molecular weight excluding hydrogens is 188 g/mol. The smallest absolute Gasteiger partial charge is 0.279 e. The number of hydrogen-bond donors (Lipinski definition) is 3. The van der Waals surface area contributed by atoms with Crippen molar-refractivity contribution in [2.24, 2.45) is 0 Å². The zero-order chi connectivity index (χ0) is 9.12. The lowest BCUT2D eigenvalue weighted by atomic mass is 10.2. The van der Waals surface area contributed by atoms with Gasteiger partial charge in [0.05, 0.1) is 0 Å². The maximum atomic E-state index is 10.6. The maximum Gasteiger partial charge on any atom is 0.279 e. The Morgan fingerprint density at radius 3 is 2.27 bits per heavy atom. The summed E-state index contributed by atoms with van der Waals surface area (Å²) in [6, 6.07) is 0. The van der Waals surface area contributed by atoms with Crippen LogP contribution in [0.3, 0.4) is 0 Å². The molecule has 2 N–H and O–H groups in total. The standard InChI is InChI=1S/C5H12O4S2/c1-5(10,3-2-4-6)11(7,8)9/h6,10H,2-4H2,1H3,(H,7,8,9). The molecule has 0 amide bonds. The fourth-order valence-electron chi connectivity index (χ4n) is 0.536. The molecule has 6 heteroatoms. The summed E-state index contributed by atoms with van der Waals surface area (Å²) in [7, 11) is -4.12. The average Bonchev–Trinajstić information content (AvgIpc) is 1.81. The van der Waals surface area contributed by atoms with E-state index in [1.807, 2.05) is 0 Å². The van der Waals surface area contributed by atoms with Gasteiger partial charge in [-0.2, -0.15) is 21.0 Å². The average molecular weight is 200 g/mol. The molecule has 0 heterocycles. The fraction of sp³-hybridized carbons (Fsp3) is 1.00. The summed E-state index contributed by atoms with van der Waals surface area (Å²) in [5.74, 6) is 0. The predicted octanol–water partition coefficient (Wildman–Crippen LogP) is 0.293. The van der Waals surface area contributed by atoms with Crippen LogP contribution < -0.4 is 0 Å². The van der Waals surface area contributed by atoms with Crippen molar-refractivity contribution in [2.75, 3.05) is 6.61 Å². The Bertz CT molecular complexity index is 207. The molecular formula is C5H12O4S2. The highest BCUT2D eigenvalue weighted by Crippen LogP contribution is 2.25. The van der Waals surface area contributed by atoms with Crippen LogP contribution in [0.1, 0.15) is 19.8 Å². The lowest BCUT2D eigenvalue weighted by Crippen LogP contribution is -2.28. The van der Waals surface area contributed by atoms with Crippen LogP contribution in [0, 0.1) is 0 Å². The highest BCUT2D eigenvalue weighted by atomic mass is 32.3. The molecule has 0 bridgehead atoms. The largest absolute Gasteiger partial charge is 0.396 e. The molecule has 11 heavy (non-hydrogen) atoms. The highest BCUT2D eigenvalue weighted by molar-refractivity contribution is 8.03. The molecule has 0 spiro atoms. The van der Waals surface area contributed by atoms with Gasteiger partial charge in [0, 0.05) is 6.61 Å². The highest BCUT2D eigenvalue weighted by Gasteiger charge is 2.32. The van der Waals surface area contributed by atoms with Crippen molar-refractivity contribution in [2.45, 2.75) is 23.8 Å². The number of rotatable bonds is 4. The molecule has 0 aliphatic heterocycles. The summed E-state index contributed by atoms with van der Waals surface area (Å²) in [5, 5.41) is 8.38. The van der Waals surface area contributed by atoms with Crippen LogP contribution in [-0.2, 0) is 10.1 Å². The van der Waals surface area contributed by atoms with Crippen LogP contribution in [0.4, 0.5) is 0 Å². The minimum atomic E-state index is -4.12. The topological polar surface area (TPSA) is 74.6 Å². The second-order valence-corrected chi connectivity index (χ2v) is 5.62. The summed E-state index contributed by atoms with van der Waals surface area (Å²) in [4.78, 5) is 0. The van der Waals surface area contributed by atoms with E-state index in [9.17, 15) is 8.42 Å². The van der Waals surface area contributed by atoms with Crippen LogP contribution in [-0.4, -0.2) is 28.8 Å². The van der Waals surface area contributed by atoms with Crippen LogP contribution in [0.2, 0.25) is 0 Å². The Morgan fingerprint density at radius 2 is 2.00 bits per heavy atom. The van der Waals surface area contributed by atoms with Gasteiger partial charge in [-0.1, -0.05) is 0 Å². The minimum absolute atomic E-state index is 0.105. The van der Waals surface area contributed by atoms with Crippen molar-refractivity contribution in [1.29, 1.82) is 0 Å². The second-order valence-electron chi connectivity index (χ2n) is 2.48. The molecule has 1 unspecified atom stereocenters. The van der Waals surface area contributed by atoms with Gasteiger partial charge >= 0.3 is 0 Å². The van der Waals surface area contributed by atoms with Gasteiger partial charge in [0.2, 0.25) is 0 Å². The van der Waals surface area contributed by atoms with Crippen molar-refractivity contribution < 1.29 is 18.1 Å². The third-order valence-corrected chi connectivity index (χ3v) is 3.59. The predicted molar refractivity (Wildman–Crippen MR) is 45.3 cm³/mol. The summed E-state index contributed by atoms with van der Waals surface area (Å²) >= 11 is 3.75. The van der Waals surface area contributed by atoms with Gasteiger partial charge in [0.1, 0.15) is 4.08 Å². The Hall–Kier alpha value is 0.220. The molecule has 0 rings (SSSR count). The summed E-state index contributed by atoms with van der Waals surface area (Å²) in [5.41, 5.74) is 0. The Morgan fingerprint density at radius 1 is 1.55 bits per heavy atom. The monoisotopic (exact) mass is 200 g/mol.